The van der Waals surface area contributed by atoms with E-state index in [4.69, 9.17) is 21.1 Å². The van der Waals surface area contributed by atoms with Gasteiger partial charge in [0.15, 0.2) is 0 Å². The molecule has 0 unspecified atom stereocenters. The van der Waals surface area contributed by atoms with E-state index in [0.717, 1.165) is 5.56 Å². The lowest BCUT2D eigenvalue weighted by molar-refractivity contribution is -0.124. The Morgan fingerprint density at radius 3 is 2.39 bits per heavy atom. The molecule has 0 aliphatic carbocycles. The van der Waals surface area contributed by atoms with Gasteiger partial charge in [-0.1, -0.05) is 23.7 Å². The van der Waals surface area contributed by atoms with Gasteiger partial charge in [-0.2, -0.15) is 4.31 Å². The van der Waals surface area contributed by atoms with Gasteiger partial charge in [0.25, 0.3) is 0 Å². The minimum Gasteiger partial charge on any atom is -0.497 e. The van der Waals surface area contributed by atoms with E-state index in [1.165, 1.54) is 16.4 Å². The number of hydrogen-bond donors (Lipinski definition) is 1. The SMILES string of the molecule is COCCCNC(=O)[C@@H]1CN(S(=O)(=O)c2ccc(Cl)cc2)C[C@H]1c1ccc(OC)cc1. The zero-order chi connectivity index (χ0) is 22.4. The summed E-state index contributed by atoms with van der Waals surface area (Å²) in [6.07, 6.45) is 0.689. The van der Waals surface area contributed by atoms with Crippen LogP contribution in [0.4, 0.5) is 0 Å². The molecule has 1 aliphatic heterocycles. The summed E-state index contributed by atoms with van der Waals surface area (Å²) in [5, 5.41) is 3.38. The Kier molecular flexibility index (Phi) is 7.94. The second kappa shape index (κ2) is 10.5. The molecule has 1 fully saturated rings. The maximum atomic E-state index is 13.2. The number of carbonyl (C=O) groups is 1. The monoisotopic (exact) mass is 466 g/mol. The molecule has 0 saturated carbocycles. The van der Waals surface area contributed by atoms with E-state index in [0.29, 0.717) is 30.3 Å². The molecule has 0 aromatic heterocycles. The van der Waals surface area contributed by atoms with E-state index in [2.05, 4.69) is 5.32 Å². The summed E-state index contributed by atoms with van der Waals surface area (Å²) >= 11 is 5.90. The molecule has 2 aromatic carbocycles. The quantitative estimate of drug-likeness (QED) is 0.574. The number of hydrogen-bond acceptors (Lipinski definition) is 5. The average Bonchev–Trinajstić information content (AvgIpc) is 3.23. The van der Waals surface area contributed by atoms with Crippen LogP contribution in [-0.4, -0.2) is 59.1 Å². The van der Waals surface area contributed by atoms with E-state index >= 15 is 0 Å². The standard InChI is InChI=1S/C22H27ClN2O5S/c1-29-13-3-12-24-22(26)21-15-25(31(27,28)19-10-6-17(23)7-11-19)14-20(21)16-4-8-18(30-2)9-5-16/h4-11,20-21H,3,12-15H2,1-2H3,(H,24,26)/t20-,21+/m0/s1. The lowest BCUT2D eigenvalue weighted by atomic mass is 9.88. The fourth-order valence-corrected chi connectivity index (χ4v) is 5.35. The second-order valence-corrected chi connectivity index (χ2v) is 9.77. The molecular formula is C22H27ClN2O5S. The zero-order valence-corrected chi connectivity index (χ0v) is 19.2. The number of benzene rings is 2. The van der Waals surface area contributed by atoms with Gasteiger partial charge in [0, 0.05) is 44.3 Å². The molecule has 1 saturated heterocycles. The lowest BCUT2D eigenvalue weighted by Crippen LogP contribution is -2.36. The first kappa shape index (κ1) is 23.5. The van der Waals surface area contributed by atoms with Crippen LogP contribution in [0.1, 0.15) is 17.9 Å². The molecule has 2 atom stereocenters. The number of rotatable bonds is 9. The summed E-state index contributed by atoms with van der Waals surface area (Å²) in [6, 6.07) is 13.5. The Hall–Kier alpha value is -2.13. The van der Waals surface area contributed by atoms with Crippen LogP contribution in [0, 0.1) is 5.92 Å². The van der Waals surface area contributed by atoms with Gasteiger partial charge in [0.05, 0.1) is 17.9 Å². The number of sulfonamides is 1. The number of halogens is 1. The molecular weight excluding hydrogens is 440 g/mol. The van der Waals surface area contributed by atoms with Gasteiger partial charge < -0.3 is 14.8 Å². The predicted molar refractivity (Wildman–Crippen MR) is 119 cm³/mol. The van der Waals surface area contributed by atoms with Crippen molar-refractivity contribution in [3.63, 3.8) is 0 Å². The van der Waals surface area contributed by atoms with Crippen molar-refractivity contribution in [1.82, 2.24) is 9.62 Å². The maximum absolute atomic E-state index is 13.2. The maximum Gasteiger partial charge on any atom is 0.243 e. The van der Waals surface area contributed by atoms with Gasteiger partial charge >= 0.3 is 0 Å². The summed E-state index contributed by atoms with van der Waals surface area (Å²) in [6.45, 7) is 1.34. The van der Waals surface area contributed by atoms with Crippen LogP contribution in [0.2, 0.25) is 5.02 Å². The van der Waals surface area contributed by atoms with Gasteiger partial charge in [-0.3, -0.25) is 4.79 Å². The minimum absolute atomic E-state index is 0.109. The third kappa shape index (κ3) is 5.57. The van der Waals surface area contributed by atoms with E-state index in [-0.39, 0.29) is 29.8 Å². The van der Waals surface area contributed by atoms with Crippen LogP contribution < -0.4 is 10.1 Å². The molecule has 7 nitrogen and oxygen atoms in total. The first-order valence-corrected chi connectivity index (χ1v) is 11.8. The van der Waals surface area contributed by atoms with Crippen molar-refractivity contribution in [2.24, 2.45) is 5.92 Å². The minimum atomic E-state index is -3.75. The number of nitrogens with one attached hydrogen (secondary N) is 1. The molecule has 168 valence electrons. The van der Waals surface area contributed by atoms with Crippen LogP contribution >= 0.6 is 11.6 Å². The lowest BCUT2D eigenvalue weighted by Gasteiger charge is -2.18. The van der Waals surface area contributed by atoms with Crippen LogP contribution in [0.25, 0.3) is 0 Å². The van der Waals surface area contributed by atoms with Gasteiger partial charge in [-0.05, 0) is 48.4 Å². The molecule has 2 aromatic rings. The summed E-state index contributed by atoms with van der Waals surface area (Å²) < 4.78 is 38.0. The molecule has 1 N–H and O–H groups in total. The van der Waals surface area contributed by atoms with E-state index in [9.17, 15) is 13.2 Å². The Morgan fingerprint density at radius 1 is 1.10 bits per heavy atom. The van der Waals surface area contributed by atoms with Crippen molar-refractivity contribution < 1.29 is 22.7 Å². The molecule has 31 heavy (non-hydrogen) atoms. The van der Waals surface area contributed by atoms with Gasteiger partial charge in [-0.15, -0.1) is 0 Å². The molecule has 3 rings (SSSR count). The number of methoxy groups -OCH3 is 2. The van der Waals surface area contributed by atoms with Crippen molar-refractivity contribution in [3.8, 4) is 5.75 Å². The number of amides is 1. The van der Waals surface area contributed by atoms with E-state index in [1.807, 2.05) is 24.3 Å². The molecule has 1 amide bonds. The first-order chi connectivity index (χ1) is 14.9. The van der Waals surface area contributed by atoms with E-state index in [1.54, 1.807) is 26.4 Å². The summed E-state index contributed by atoms with van der Waals surface area (Å²) in [7, 11) is -0.561. The highest BCUT2D eigenvalue weighted by atomic mass is 35.5. The normalized spacial score (nSPS) is 19.3. The van der Waals surface area contributed by atoms with Crippen LogP contribution in [0.15, 0.2) is 53.4 Å². The van der Waals surface area contributed by atoms with Crippen molar-refractivity contribution in [1.29, 1.82) is 0 Å². The van der Waals surface area contributed by atoms with Gasteiger partial charge in [0.2, 0.25) is 15.9 Å². The highest BCUT2D eigenvalue weighted by Gasteiger charge is 2.43. The first-order valence-electron chi connectivity index (χ1n) is 10.0. The topological polar surface area (TPSA) is 84.9 Å². The highest BCUT2D eigenvalue weighted by molar-refractivity contribution is 7.89. The van der Waals surface area contributed by atoms with Crippen LogP contribution in [0.3, 0.4) is 0 Å². The zero-order valence-electron chi connectivity index (χ0n) is 17.6. The third-order valence-electron chi connectivity index (χ3n) is 5.44. The van der Waals surface area contributed by atoms with Crippen molar-refractivity contribution in [2.45, 2.75) is 17.2 Å². The number of ether oxygens (including phenoxy) is 2. The second-order valence-electron chi connectivity index (χ2n) is 7.40. The number of nitrogens with zero attached hydrogens (tertiary/aromatic N) is 1. The van der Waals surface area contributed by atoms with Crippen molar-refractivity contribution in [2.75, 3.05) is 40.5 Å². The molecule has 0 spiro atoms. The molecule has 1 aliphatic rings. The van der Waals surface area contributed by atoms with Crippen LogP contribution in [0.5, 0.6) is 5.75 Å². The summed E-state index contributed by atoms with van der Waals surface area (Å²) in [5.41, 5.74) is 0.895. The number of carbonyl (C=O) groups excluding carboxylic acids is 1. The van der Waals surface area contributed by atoms with Crippen molar-refractivity contribution in [3.05, 3.63) is 59.1 Å². The van der Waals surface area contributed by atoms with Crippen molar-refractivity contribution >= 4 is 27.5 Å². The molecule has 9 heteroatoms. The molecule has 1 heterocycles. The third-order valence-corrected chi connectivity index (χ3v) is 7.54. The van der Waals surface area contributed by atoms with Gasteiger partial charge in [0.1, 0.15) is 5.75 Å². The average molecular weight is 467 g/mol. The predicted octanol–water partition coefficient (Wildman–Crippen LogP) is 2.91. The smallest absolute Gasteiger partial charge is 0.243 e. The Morgan fingerprint density at radius 2 is 1.77 bits per heavy atom. The fraction of sp³-hybridized carbons (Fsp3) is 0.409. The largest absolute Gasteiger partial charge is 0.497 e. The van der Waals surface area contributed by atoms with Gasteiger partial charge in [-0.25, -0.2) is 8.42 Å². The fourth-order valence-electron chi connectivity index (χ4n) is 3.73. The highest BCUT2D eigenvalue weighted by Crippen LogP contribution is 2.36. The van der Waals surface area contributed by atoms with Crippen LogP contribution in [-0.2, 0) is 19.6 Å². The Bertz CT molecular complexity index is 980. The molecule has 0 bridgehead atoms. The molecule has 0 radical (unpaired) electrons. The Balaban J connectivity index is 1.85. The summed E-state index contributed by atoms with van der Waals surface area (Å²) in [4.78, 5) is 13.1. The Labute approximate surface area is 188 Å². The summed E-state index contributed by atoms with van der Waals surface area (Å²) in [5.74, 6) is -0.230. The van der Waals surface area contributed by atoms with E-state index < -0.39 is 15.9 Å².